The zero-order chi connectivity index (χ0) is 15.5. The third kappa shape index (κ3) is 3.05. The topological polar surface area (TPSA) is 71.5 Å². The van der Waals surface area contributed by atoms with Crippen LogP contribution in [0.3, 0.4) is 0 Å². The smallest absolute Gasteiger partial charge is 0.229 e. The van der Waals surface area contributed by atoms with E-state index in [-0.39, 0.29) is 17.7 Å². The lowest BCUT2D eigenvalue weighted by Gasteiger charge is -2.23. The molecule has 0 radical (unpaired) electrons. The van der Waals surface area contributed by atoms with Gasteiger partial charge in [-0.15, -0.1) is 0 Å². The van der Waals surface area contributed by atoms with E-state index < -0.39 is 0 Å². The highest BCUT2D eigenvalue weighted by Crippen LogP contribution is 2.29. The molecule has 1 N–H and O–H groups in total. The van der Waals surface area contributed by atoms with Crippen LogP contribution in [-0.2, 0) is 9.59 Å². The SMILES string of the molecule is COc1ccc(NC(=O)[C@@H]2CC(=O)N(C3CCCC3)C2)cn1. The predicted molar refractivity (Wildman–Crippen MR) is 81.5 cm³/mol. The summed E-state index contributed by atoms with van der Waals surface area (Å²) in [7, 11) is 1.54. The summed E-state index contributed by atoms with van der Waals surface area (Å²) < 4.78 is 4.98. The second-order valence-corrected chi connectivity index (χ2v) is 5.96. The Morgan fingerprint density at radius 1 is 1.36 bits per heavy atom. The Morgan fingerprint density at radius 2 is 2.14 bits per heavy atom. The number of nitrogens with one attached hydrogen (secondary N) is 1. The fourth-order valence-corrected chi connectivity index (χ4v) is 3.30. The van der Waals surface area contributed by atoms with E-state index >= 15 is 0 Å². The van der Waals surface area contributed by atoms with E-state index in [4.69, 9.17) is 4.74 Å². The van der Waals surface area contributed by atoms with E-state index in [2.05, 4.69) is 10.3 Å². The first-order valence-electron chi connectivity index (χ1n) is 7.78. The van der Waals surface area contributed by atoms with Crippen molar-refractivity contribution < 1.29 is 14.3 Å². The number of rotatable bonds is 4. The Hall–Kier alpha value is -2.11. The van der Waals surface area contributed by atoms with Gasteiger partial charge >= 0.3 is 0 Å². The van der Waals surface area contributed by atoms with E-state index in [1.54, 1.807) is 25.4 Å². The van der Waals surface area contributed by atoms with Gasteiger partial charge in [0.15, 0.2) is 0 Å². The zero-order valence-electron chi connectivity index (χ0n) is 12.7. The highest BCUT2D eigenvalue weighted by molar-refractivity contribution is 5.97. The molecule has 3 rings (SSSR count). The highest BCUT2D eigenvalue weighted by atomic mass is 16.5. The minimum absolute atomic E-state index is 0.110. The van der Waals surface area contributed by atoms with Crippen molar-refractivity contribution >= 4 is 17.5 Å². The van der Waals surface area contributed by atoms with E-state index in [0.29, 0.717) is 30.6 Å². The van der Waals surface area contributed by atoms with Gasteiger partial charge in [0.25, 0.3) is 0 Å². The quantitative estimate of drug-likeness (QED) is 0.921. The minimum Gasteiger partial charge on any atom is -0.481 e. The first-order valence-corrected chi connectivity index (χ1v) is 7.78. The van der Waals surface area contributed by atoms with Crippen molar-refractivity contribution in [3.8, 4) is 5.88 Å². The largest absolute Gasteiger partial charge is 0.481 e. The molecule has 1 aromatic rings. The molecular weight excluding hydrogens is 282 g/mol. The number of hydrogen-bond donors (Lipinski definition) is 1. The van der Waals surface area contributed by atoms with Crippen LogP contribution in [0.15, 0.2) is 18.3 Å². The van der Waals surface area contributed by atoms with Gasteiger partial charge in [0.2, 0.25) is 17.7 Å². The van der Waals surface area contributed by atoms with E-state index in [0.717, 1.165) is 12.8 Å². The lowest BCUT2D eigenvalue weighted by Crippen LogP contribution is -2.35. The van der Waals surface area contributed by atoms with Crippen LogP contribution in [0.25, 0.3) is 0 Å². The number of carbonyl (C=O) groups excluding carboxylic acids is 2. The molecule has 1 saturated heterocycles. The van der Waals surface area contributed by atoms with Gasteiger partial charge in [0.05, 0.1) is 24.9 Å². The number of nitrogens with zero attached hydrogens (tertiary/aromatic N) is 2. The average Bonchev–Trinajstić information content (AvgIpc) is 3.17. The van der Waals surface area contributed by atoms with Gasteiger partial charge in [0, 0.05) is 25.1 Å². The fraction of sp³-hybridized carbons (Fsp3) is 0.562. The maximum absolute atomic E-state index is 12.3. The zero-order valence-corrected chi connectivity index (χ0v) is 12.7. The molecule has 1 aliphatic heterocycles. The number of aromatic nitrogens is 1. The second kappa shape index (κ2) is 6.34. The van der Waals surface area contributed by atoms with Crippen molar-refractivity contribution in [2.45, 2.75) is 38.1 Å². The lowest BCUT2D eigenvalue weighted by molar-refractivity contribution is -0.129. The average molecular weight is 303 g/mol. The van der Waals surface area contributed by atoms with Gasteiger partial charge in [0.1, 0.15) is 0 Å². The summed E-state index contributed by atoms with van der Waals surface area (Å²) >= 11 is 0. The van der Waals surface area contributed by atoms with E-state index in [1.165, 1.54) is 12.8 Å². The van der Waals surface area contributed by atoms with Crippen LogP contribution in [0.1, 0.15) is 32.1 Å². The summed E-state index contributed by atoms with van der Waals surface area (Å²) in [5, 5.41) is 2.83. The molecule has 6 heteroatoms. The third-order valence-electron chi connectivity index (χ3n) is 4.51. The molecule has 22 heavy (non-hydrogen) atoms. The molecule has 0 aromatic carbocycles. The molecular formula is C16H21N3O3. The monoisotopic (exact) mass is 303 g/mol. The van der Waals surface area contributed by atoms with Crippen LogP contribution in [0, 0.1) is 5.92 Å². The number of likely N-dealkylation sites (tertiary alicyclic amines) is 1. The number of ether oxygens (including phenoxy) is 1. The van der Waals surface area contributed by atoms with Crippen LogP contribution < -0.4 is 10.1 Å². The maximum Gasteiger partial charge on any atom is 0.229 e. The molecule has 2 fully saturated rings. The van der Waals surface area contributed by atoms with E-state index in [1.807, 2.05) is 4.90 Å². The number of amides is 2. The van der Waals surface area contributed by atoms with Crippen LogP contribution >= 0.6 is 0 Å². The van der Waals surface area contributed by atoms with Crippen LogP contribution in [0.2, 0.25) is 0 Å². The highest BCUT2D eigenvalue weighted by Gasteiger charge is 2.38. The summed E-state index contributed by atoms with van der Waals surface area (Å²) in [5.74, 6) is 0.234. The summed E-state index contributed by atoms with van der Waals surface area (Å²) in [4.78, 5) is 30.4. The molecule has 2 amide bonds. The van der Waals surface area contributed by atoms with Gasteiger partial charge in [-0.3, -0.25) is 9.59 Å². The number of hydrogen-bond acceptors (Lipinski definition) is 4. The molecule has 6 nitrogen and oxygen atoms in total. The van der Waals surface area contributed by atoms with Crippen molar-refractivity contribution in [3.63, 3.8) is 0 Å². The number of anilines is 1. The van der Waals surface area contributed by atoms with Gasteiger partial charge in [-0.05, 0) is 18.9 Å². The Morgan fingerprint density at radius 3 is 2.77 bits per heavy atom. The van der Waals surface area contributed by atoms with Crippen molar-refractivity contribution in [1.82, 2.24) is 9.88 Å². The van der Waals surface area contributed by atoms with Gasteiger partial charge in [-0.1, -0.05) is 12.8 Å². The van der Waals surface area contributed by atoms with Gasteiger partial charge in [-0.25, -0.2) is 4.98 Å². The Kier molecular flexibility index (Phi) is 4.27. The van der Waals surface area contributed by atoms with Gasteiger partial charge in [-0.2, -0.15) is 0 Å². The number of pyridine rings is 1. The lowest BCUT2D eigenvalue weighted by atomic mass is 10.1. The Labute approximate surface area is 129 Å². The predicted octanol–water partition coefficient (Wildman–Crippen LogP) is 1.82. The van der Waals surface area contributed by atoms with Crippen LogP contribution in [0.5, 0.6) is 5.88 Å². The Bertz CT molecular complexity index is 552. The van der Waals surface area contributed by atoms with E-state index in [9.17, 15) is 9.59 Å². The molecule has 0 unspecified atom stereocenters. The number of methoxy groups -OCH3 is 1. The Balaban J connectivity index is 1.59. The molecule has 1 saturated carbocycles. The summed E-state index contributed by atoms with van der Waals surface area (Å²) in [6.07, 6.45) is 6.38. The minimum atomic E-state index is -0.268. The normalized spacial score (nSPS) is 22.1. The molecule has 1 aliphatic carbocycles. The molecule has 118 valence electrons. The summed E-state index contributed by atoms with van der Waals surface area (Å²) in [6.45, 7) is 0.541. The standard InChI is InChI=1S/C16H21N3O3/c1-22-14-7-6-12(9-17-14)18-16(21)11-8-15(20)19(10-11)13-4-2-3-5-13/h6-7,9,11,13H,2-5,8,10H2,1H3,(H,18,21)/t11-/m1/s1. The summed E-state index contributed by atoms with van der Waals surface area (Å²) in [6, 6.07) is 3.78. The fourth-order valence-electron chi connectivity index (χ4n) is 3.30. The summed E-state index contributed by atoms with van der Waals surface area (Å²) in [5.41, 5.74) is 0.623. The third-order valence-corrected chi connectivity index (χ3v) is 4.51. The van der Waals surface area contributed by atoms with Crippen molar-refractivity contribution in [3.05, 3.63) is 18.3 Å². The van der Waals surface area contributed by atoms with Crippen molar-refractivity contribution in [2.24, 2.45) is 5.92 Å². The first-order chi connectivity index (χ1) is 10.7. The molecule has 0 bridgehead atoms. The first kappa shape index (κ1) is 14.8. The maximum atomic E-state index is 12.3. The molecule has 1 aromatic heterocycles. The molecule has 2 aliphatic rings. The molecule has 2 heterocycles. The molecule has 1 atom stereocenters. The molecule has 0 spiro atoms. The van der Waals surface area contributed by atoms with Gasteiger partial charge < -0.3 is 15.0 Å². The van der Waals surface area contributed by atoms with Crippen LogP contribution in [0.4, 0.5) is 5.69 Å². The number of carbonyl (C=O) groups is 2. The second-order valence-electron chi connectivity index (χ2n) is 5.96. The van der Waals surface area contributed by atoms with Crippen LogP contribution in [-0.4, -0.2) is 41.4 Å². The van der Waals surface area contributed by atoms with Crippen molar-refractivity contribution in [2.75, 3.05) is 19.0 Å². The van der Waals surface area contributed by atoms with Crippen molar-refractivity contribution in [1.29, 1.82) is 0 Å².